The number of nitrogens with one attached hydrogen (secondary N) is 2. The predicted molar refractivity (Wildman–Crippen MR) is 120 cm³/mol. The van der Waals surface area contributed by atoms with Gasteiger partial charge in [0.05, 0.1) is 16.3 Å². The third kappa shape index (κ3) is 6.94. The largest absolute Gasteiger partial charge is 0.452 e. The van der Waals surface area contributed by atoms with Crippen LogP contribution in [-0.2, 0) is 15.3 Å². The Bertz CT molecular complexity index is 1060. The molecule has 3 aromatic rings. The van der Waals surface area contributed by atoms with Gasteiger partial charge >= 0.3 is 5.97 Å². The summed E-state index contributed by atoms with van der Waals surface area (Å²) in [5, 5.41) is 3.06. The van der Waals surface area contributed by atoms with Crippen molar-refractivity contribution in [3.63, 3.8) is 0 Å². The van der Waals surface area contributed by atoms with E-state index < -0.39 is 24.4 Å². The molecule has 0 bridgehead atoms. The van der Waals surface area contributed by atoms with Crippen LogP contribution in [-0.4, -0.2) is 29.4 Å². The lowest BCUT2D eigenvalue weighted by Gasteiger charge is -2.08. The van der Waals surface area contributed by atoms with Gasteiger partial charge in [0.1, 0.15) is 0 Å². The van der Waals surface area contributed by atoms with Crippen molar-refractivity contribution >= 4 is 40.9 Å². The van der Waals surface area contributed by atoms with Gasteiger partial charge in [0.15, 0.2) is 6.61 Å². The Balaban J connectivity index is 1.40. The van der Waals surface area contributed by atoms with Gasteiger partial charge in [0.2, 0.25) is 0 Å². The van der Waals surface area contributed by atoms with Crippen molar-refractivity contribution in [1.29, 1.82) is 0 Å². The first-order valence-electron chi connectivity index (χ1n) is 9.37. The maximum Gasteiger partial charge on any atom is 0.338 e. The minimum Gasteiger partial charge on any atom is -0.452 e. The van der Waals surface area contributed by atoms with Gasteiger partial charge in [-0.1, -0.05) is 17.7 Å². The van der Waals surface area contributed by atoms with Gasteiger partial charge in [-0.05, 0) is 50.2 Å². The Morgan fingerprint density at radius 2 is 1.65 bits per heavy atom. The topological polar surface area (TPSA) is 97.4 Å². The second-order valence-corrected chi connectivity index (χ2v) is 8.73. The first-order chi connectivity index (χ1) is 14.9. The quantitative estimate of drug-likeness (QED) is 0.321. The first kappa shape index (κ1) is 22.5. The summed E-state index contributed by atoms with van der Waals surface area (Å²) in [7, 11) is 0. The van der Waals surface area contributed by atoms with E-state index in [1.54, 1.807) is 59.5 Å². The molecule has 3 rings (SSSR count). The lowest BCUT2D eigenvalue weighted by atomic mass is 10.1. The number of carbonyl (C=O) groups excluding carboxylic acids is 3. The van der Waals surface area contributed by atoms with E-state index in [9.17, 15) is 14.4 Å². The standard InChI is InChI=1S/C22H21N3O4S2/c1-14-3-5-16(6-4-14)21(27)25-24-20(26)11-29-22(28)17-7-9-19(10-8-17)31-13-18-12-30-15(2)23-18/h3-10,12H,11,13H2,1-2H3,(H,24,26)(H,25,27). The molecule has 7 nitrogen and oxygen atoms in total. The molecule has 0 saturated heterocycles. The van der Waals surface area contributed by atoms with Gasteiger partial charge < -0.3 is 4.74 Å². The highest BCUT2D eigenvalue weighted by Crippen LogP contribution is 2.24. The van der Waals surface area contributed by atoms with Crippen LogP contribution in [0.3, 0.4) is 0 Å². The average Bonchev–Trinajstić information content (AvgIpc) is 3.20. The van der Waals surface area contributed by atoms with Gasteiger partial charge in [-0.3, -0.25) is 20.4 Å². The lowest BCUT2D eigenvalue weighted by Crippen LogP contribution is -2.43. The zero-order valence-corrected chi connectivity index (χ0v) is 18.6. The number of thioether (sulfide) groups is 1. The fourth-order valence-electron chi connectivity index (χ4n) is 2.47. The summed E-state index contributed by atoms with van der Waals surface area (Å²) in [6.45, 7) is 3.37. The Morgan fingerprint density at radius 1 is 0.968 bits per heavy atom. The number of amides is 2. The highest BCUT2D eigenvalue weighted by Gasteiger charge is 2.12. The van der Waals surface area contributed by atoms with Gasteiger partial charge in [0, 0.05) is 21.6 Å². The average molecular weight is 456 g/mol. The summed E-state index contributed by atoms with van der Waals surface area (Å²) < 4.78 is 5.00. The van der Waals surface area contributed by atoms with Crippen LogP contribution >= 0.6 is 23.1 Å². The number of nitrogens with zero attached hydrogens (tertiary/aromatic N) is 1. The van der Waals surface area contributed by atoms with Gasteiger partial charge in [-0.25, -0.2) is 9.78 Å². The first-order valence-corrected chi connectivity index (χ1v) is 11.2. The number of aromatic nitrogens is 1. The summed E-state index contributed by atoms with van der Waals surface area (Å²) in [5.41, 5.74) is 7.30. The van der Waals surface area contributed by atoms with Crippen molar-refractivity contribution in [3.8, 4) is 0 Å². The van der Waals surface area contributed by atoms with Crippen LogP contribution in [0.25, 0.3) is 0 Å². The minimum atomic E-state index is -0.639. The van der Waals surface area contributed by atoms with Crippen LogP contribution in [0.4, 0.5) is 0 Å². The van der Waals surface area contributed by atoms with Gasteiger partial charge in [-0.15, -0.1) is 23.1 Å². The molecule has 1 aromatic heterocycles. The van der Waals surface area contributed by atoms with E-state index >= 15 is 0 Å². The molecule has 1 heterocycles. The number of ether oxygens (including phenoxy) is 1. The normalized spacial score (nSPS) is 10.4. The van der Waals surface area contributed by atoms with Crippen LogP contribution in [0.15, 0.2) is 58.8 Å². The molecular weight excluding hydrogens is 434 g/mol. The van der Waals surface area contributed by atoms with Crippen LogP contribution in [0.5, 0.6) is 0 Å². The Hall–Kier alpha value is -3.17. The molecule has 0 radical (unpaired) electrons. The molecule has 0 atom stereocenters. The number of hydrogen-bond acceptors (Lipinski definition) is 7. The van der Waals surface area contributed by atoms with E-state index in [4.69, 9.17) is 4.74 Å². The van der Waals surface area contributed by atoms with E-state index in [1.165, 1.54) is 0 Å². The summed E-state index contributed by atoms with van der Waals surface area (Å²) >= 11 is 3.24. The third-order valence-corrected chi connectivity index (χ3v) is 5.97. The zero-order chi connectivity index (χ0) is 22.2. The Morgan fingerprint density at radius 3 is 2.29 bits per heavy atom. The SMILES string of the molecule is Cc1ccc(C(=O)NNC(=O)COC(=O)c2ccc(SCc3csc(C)n3)cc2)cc1. The fraction of sp³-hybridized carbons (Fsp3) is 0.182. The fourth-order valence-corrected chi connectivity index (χ4v) is 3.98. The molecule has 9 heteroatoms. The summed E-state index contributed by atoms with van der Waals surface area (Å²) in [4.78, 5) is 41.3. The predicted octanol–water partition coefficient (Wildman–Crippen LogP) is 3.67. The van der Waals surface area contributed by atoms with E-state index in [-0.39, 0.29) is 0 Å². The molecule has 160 valence electrons. The monoisotopic (exact) mass is 455 g/mol. The second-order valence-electron chi connectivity index (χ2n) is 6.62. The van der Waals surface area contributed by atoms with E-state index in [2.05, 4.69) is 15.8 Å². The number of hydrogen-bond donors (Lipinski definition) is 2. The maximum absolute atomic E-state index is 12.1. The molecule has 0 aliphatic rings. The smallest absolute Gasteiger partial charge is 0.338 e. The number of carbonyl (C=O) groups is 3. The van der Waals surface area contributed by atoms with Crippen LogP contribution in [0.1, 0.15) is 37.0 Å². The summed E-state index contributed by atoms with van der Waals surface area (Å²) in [5.74, 6) is -0.963. The van der Waals surface area contributed by atoms with Crippen molar-refractivity contribution in [2.75, 3.05) is 6.61 Å². The molecule has 2 N–H and O–H groups in total. The molecule has 0 fully saturated rings. The van der Waals surface area contributed by atoms with Crippen molar-refractivity contribution in [1.82, 2.24) is 15.8 Å². The Kier molecular flexibility index (Phi) is 7.80. The van der Waals surface area contributed by atoms with E-state index in [0.717, 1.165) is 26.9 Å². The van der Waals surface area contributed by atoms with Crippen molar-refractivity contribution < 1.29 is 19.1 Å². The highest BCUT2D eigenvalue weighted by atomic mass is 32.2. The summed E-state index contributed by atoms with van der Waals surface area (Å²) in [6.07, 6.45) is 0. The molecule has 0 spiro atoms. The van der Waals surface area contributed by atoms with E-state index in [0.29, 0.717) is 11.1 Å². The molecule has 2 aromatic carbocycles. The molecule has 0 aliphatic carbocycles. The number of thiazole rings is 1. The number of benzene rings is 2. The third-order valence-electron chi connectivity index (χ3n) is 4.11. The van der Waals surface area contributed by atoms with Gasteiger partial charge in [0.25, 0.3) is 11.8 Å². The maximum atomic E-state index is 12.1. The molecular formula is C22H21N3O4S2. The molecule has 2 amide bonds. The van der Waals surface area contributed by atoms with Crippen LogP contribution < -0.4 is 10.9 Å². The molecule has 0 aliphatic heterocycles. The zero-order valence-electron chi connectivity index (χ0n) is 17.0. The van der Waals surface area contributed by atoms with Gasteiger partial charge in [-0.2, -0.15) is 0 Å². The lowest BCUT2D eigenvalue weighted by molar-refractivity contribution is -0.125. The molecule has 31 heavy (non-hydrogen) atoms. The number of rotatable bonds is 7. The molecule has 0 saturated carbocycles. The number of esters is 1. The summed E-state index contributed by atoms with van der Waals surface area (Å²) in [6, 6.07) is 13.8. The second kappa shape index (κ2) is 10.7. The van der Waals surface area contributed by atoms with Crippen molar-refractivity contribution in [2.24, 2.45) is 0 Å². The number of aryl methyl sites for hydroxylation is 2. The minimum absolute atomic E-state index is 0.338. The van der Waals surface area contributed by atoms with Crippen molar-refractivity contribution in [3.05, 3.63) is 81.3 Å². The van der Waals surface area contributed by atoms with E-state index in [1.807, 2.05) is 31.4 Å². The Labute approximate surface area is 188 Å². The van der Waals surface area contributed by atoms with Crippen LogP contribution in [0.2, 0.25) is 0 Å². The highest BCUT2D eigenvalue weighted by molar-refractivity contribution is 7.98. The molecule has 0 unspecified atom stereocenters. The number of hydrazine groups is 1. The van der Waals surface area contributed by atoms with Crippen molar-refractivity contribution in [2.45, 2.75) is 24.5 Å². The van der Waals surface area contributed by atoms with Crippen LogP contribution in [0, 0.1) is 13.8 Å².